The van der Waals surface area contributed by atoms with E-state index in [1.54, 1.807) is 0 Å². The van der Waals surface area contributed by atoms with Crippen LogP contribution in [0.2, 0.25) is 0 Å². The second-order valence-electron chi connectivity index (χ2n) is 4.14. The fourth-order valence-corrected chi connectivity index (χ4v) is 1.93. The van der Waals surface area contributed by atoms with Crippen LogP contribution in [0.1, 0.15) is 37.7 Å². The zero-order valence-corrected chi connectivity index (χ0v) is 10.1. The summed E-state index contributed by atoms with van der Waals surface area (Å²) in [6, 6.07) is 10.6. The lowest BCUT2D eigenvalue weighted by Gasteiger charge is -2.17. The molecule has 0 radical (unpaired) electrons. The van der Waals surface area contributed by atoms with Gasteiger partial charge in [0.2, 0.25) is 0 Å². The average molecular weight is 223 g/mol. The van der Waals surface area contributed by atoms with Gasteiger partial charge in [0.15, 0.2) is 0 Å². The summed E-state index contributed by atoms with van der Waals surface area (Å²) in [6.07, 6.45) is 2.99. The average Bonchev–Trinajstić information content (AvgIpc) is 2.34. The minimum Gasteiger partial charge on any atom is -0.316 e. The molecule has 0 spiro atoms. The third-order valence-corrected chi connectivity index (χ3v) is 2.79. The van der Waals surface area contributed by atoms with Gasteiger partial charge in [-0.05, 0) is 30.9 Å². The first kappa shape index (κ1) is 13.2. The van der Waals surface area contributed by atoms with Crippen LogP contribution in [0.4, 0.5) is 4.39 Å². The van der Waals surface area contributed by atoms with E-state index in [-0.39, 0.29) is 6.67 Å². The maximum Gasteiger partial charge on any atom is 0.0906 e. The van der Waals surface area contributed by atoms with Crippen molar-refractivity contribution in [1.29, 1.82) is 0 Å². The number of hydrogen-bond donors (Lipinski definition) is 1. The van der Waals surface area contributed by atoms with Crippen molar-refractivity contribution in [3.8, 4) is 0 Å². The van der Waals surface area contributed by atoms with Crippen molar-refractivity contribution in [3.63, 3.8) is 0 Å². The van der Waals surface area contributed by atoms with Crippen LogP contribution in [0, 0.1) is 0 Å². The van der Waals surface area contributed by atoms with Crippen molar-refractivity contribution in [2.45, 2.75) is 32.1 Å². The van der Waals surface area contributed by atoms with E-state index >= 15 is 0 Å². The van der Waals surface area contributed by atoms with Crippen molar-refractivity contribution in [2.75, 3.05) is 19.8 Å². The molecule has 1 unspecified atom stereocenters. The first-order valence-corrected chi connectivity index (χ1v) is 6.20. The van der Waals surface area contributed by atoms with Crippen LogP contribution < -0.4 is 5.32 Å². The molecule has 0 aliphatic rings. The van der Waals surface area contributed by atoms with Gasteiger partial charge in [-0.2, -0.15) is 0 Å². The molecule has 0 aliphatic carbocycles. The maximum atomic E-state index is 11.9. The summed E-state index contributed by atoms with van der Waals surface area (Å²) in [7, 11) is 0. The third-order valence-electron chi connectivity index (χ3n) is 2.79. The lowest BCUT2D eigenvalue weighted by molar-refractivity contribution is 0.450. The number of halogens is 1. The molecule has 0 saturated heterocycles. The van der Waals surface area contributed by atoms with Gasteiger partial charge < -0.3 is 5.32 Å². The molecule has 0 aliphatic heterocycles. The van der Waals surface area contributed by atoms with Crippen molar-refractivity contribution in [2.24, 2.45) is 0 Å². The number of hydrogen-bond acceptors (Lipinski definition) is 1. The first-order valence-electron chi connectivity index (χ1n) is 6.20. The predicted octanol–water partition coefficient (Wildman–Crippen LogP) is 3.52. The van der Waals surface area contributed by atoms with Crippen LogP contribution in [0.15, 0.2) is 30.3 Å². The lowest BCUT2D eigenvalue weighted by Crippen LogP contribution is -2.23. The predicted molar refractivity (Wildman–Crippen MR) is 67.6 cm³/mol. The molecule has 0 heterocycles. The van der Waals surface area contributed by atoms with Crippen LogP contribution in [-0.4, -0.2) is 19.8 Å². The molecule has 0 aromatic heterocycles. The Balaban J connectivity index is 2.41. The van der Waals surface area contributed by atoms with Gasteiger partial charge in [-0.1, -0.05) is 43.7 Å². The largest absolute Gasteiger partial charge is 0.316 e. The minimum absolute atomic E-state index is 0.225. The lowest BCUT2D eigenvalue weighted by atomic mass is 9.94. The topological polar surface area (TPSA) is 12.0 Å². The maximum absolute atomic E-state index is 11.9. The van der Waals surface area contributed by atoms with E-state index in [4.69, 9.17) is 0 Å². The van der Waals surface area contributed by atoms with Gasteiger partial charge in [-0.15, -0.1) is 0 Å². The highest BCUT2D eigenvalue weighted by molar-refractivity contribution is 5.19. The normalized spacial score (nSPS) is 12.6. The number of benzene rings is 1. The molecule has 1 nitrogen and oxygen atoms in total. The Morgan fingerprint density at radius 2 is 2.00 bits per heavy atom. The smallest absolute Gasteiger partial charge is 0.0906 e. The quantitative estimate of drug-likeness (QED) is 0.665. The Hall–Kier alpha value is -0.890. The molecular weight excluding hydrogens is 201 g/mol. The molecule has 0 saturated carbocycles. The number of rotatable bonds is 8. The third kappa shape index (κ3) is 4.75. The molecule has 0 bridgehead atoms. The molecular formula is C14H22FN. The Labute approximate surface area is 98.1 Å². The van der Waals surface area contributed by atoms with E-state index in [9.17, 15) is 4.39 Å². The van der Waals surface area contributed by atoms with Crippen molar-refractivity contribution in [3.05, 3.63) is 35.9 Å². The summed E-state index contributed by atoms with van der Waals surface area (Å²) in [5.41, 5.74) is 1.39. The van der Waals surface area contributed by atoms with E-state index in [1.807, 2.05) is 6.07 Å². The van der Waals surface area contributed by atoms with Crippen molar-refractivity contribution >= 4 is 0 Å². The van der Waals surface area contributed by atoms with Crippen LogP contribution in [0.5, 0.6) is 0 Å². The molecule has 90 valence electrons. The fourth-order valence-electron chi connectivity index (χ4n) is 1.93. The molecule has 1 aromatic carbocycles. The van der Waals surface area contributed by atoms with Gasteiger partial charge >= 0.3 is 0 Å². The van der Waals surface area contributed by atoms with Gasteiger partial charge in [0.25, 0.3) is 0 Å². The summed E-state index contributed by atoms with van der Waals surface area (Å²) in [5, 5.41) is 3.33. The SMILES string of the molecule is CCCC(CNCCCF)c1ccccc1. The minimum atomic E-state index is -0.225. The molecule has 1 N–H and O–H groups in total. The summed E-state index contributed by atoms with van der Waals surface area (Å²) in [4.78, 5) is 0. The number of alkyl halides is 1. The molecule has 1 rings (SSSR count). The van der Waals surface area contributed by atoms with Crippen LogP contribution in [0.25, 0.3) is 0 Å². The highest BCUT2D eigenvalue weighted by atomic mass is 19.1. The number of nitrogens with one attached hydrogen (secondary N) is 1. The van der Waals surface area contributed by atoms with E-state index in [2.05, 4.69) is 36.5 Å². The Kier molecular flexibility index (Phi) is 6.82. The van der Waals surface area contributed by atoms with E-state index in [0.29, 0.717) is 12.3 Å². The van der Waals surface area contributed by atoms with Gasteiger partial charge in [-0.3, -0.25) is 4.39 Å². The van der Waals surface area contributed by atoms with E-state index in [0.717, 1.165) is 13.1 Å². The van der Waals surface area contributed by atoms with E-state index < -0.39 is 0 Å². The fraction of sp³-hybridized carbons (Fsp3) is 0.571. The standard InChI is InChI=1S/C14H22FN/c1-2-7-14(12-16-11-6-10-15)13-8-4-3-5-9-13/h3-5,8-9,14,16H,2,6-7,10-12H2,1H3. The summed E-state index contributed by atoms with van der Waals surface area (Å²) in [5.74, 6) is 0.561. The van der Waals surface area contributed by atoms with Gasteiger partial charge in [0.05, 0.1) is 6.67 Å². The molecule has 0 fully saturated rings. The molecule has 16 heavy (non-hydrogen) atoms. The second kappa shape index (κ2) is 8.28. The van der Waals surface area contributed by atoms with Crippen molar-refractivity contribution < 1.29 is 4.39 Å². The van der Waals surface area contributed by atoms with Crippen LogP contribution in [-0.2, 0) is 0 Å². The monoisotopic (exact) mass is 223 g/mol. The molecule has 0 amide bonds. The molecule has 2 heteroatoms. The zero-order chi connectivity index (χ0) is 11.6. The zero-order valence-electron chi connectivity index (χ0n) is 10.1. The summed E-state index contributed by atoms with van der Waals surface area (Å²) in [6.45, 7) is 3.72. The molecule has 1 atom stereocenters. The van der Waals surface area contributed by atoms with Gasteiger partial charge in [0, 0.05) is 6.54 Å². The van der Waals surface area contributed by atoms with Crippen LogP contribution >= 0.6 is 0 Å². The van der Waals surface area contributed by atoms with Gasteiger partial charge in [0.1, 0.15) is 0 Å². The highest BCUT2D eigenvalue weighted by Crippen LogP contribution is 2.19. The molecule has 1 aromatic rings. The van der Waals surface area contributed by atoms with Crippen molar-refractivity contribution in [1.82, 2.24) is 5.32 Å². The Bertz CT molecular complexity index is 261. The van der Waals surface area contributed by atoms with Crippen LogP contribution in [0.3, 0.4) is 0 Å². The second-order valence-corrected chi connectivity index (χ2v) is 4.14. The highest BCUT2D eigenvalue weighted by Gasteiger charge is 2.09. The first-order chi connectivity index (χ1) is 7.88. The van der Waals surface area contributed by atoms with Gasteiger partial charge in [-0.25, -0.2) is 0 Å². The Morgan fingerprint density at radius 1 is 1.25 bits per heavy atom. The Morgan fingerprint density at radius 3 is 2.62 bits per heavy atom. The summed E-state index contributed by atoms with van der Waals surface area (Å²) >= 11 is 0. The van der Waals surface area contributed by atoms with E-state index in [1.165, 1.54) is 18.4 Å². The summed E-state index contributed by atoms with van der Waals surface area (Å²) < 4.78 is 11.9.